The minimum absolute atomic E-state index is 0.165. The van der Waals surface area contributed by atoms with Gasteiger partial charge in [-0.2, -0.15) is 0 Å². The quantitative estimate of drug-likeness (QED) is 0.842. The van der Waals surface area contributed by atoms with Crippen molar-refractivity contribution in [3.63, 3.8) is 0 Å². The molecule has 0 spiro atoms. The highest BCUT2D eigenvalue weighted by Crippen LogP contribution is 2.18. The van der Waals surface area contributed by atoms with E-state index in [-0.39, 0.29) is 12.5 Å². The number of benzene rings is 1. The Labute approximate surface area is 121 Å². The maximum atomic E-state index is 12.6. The number of fused-ring (bicyclic) bond motifs is 1. The number of morpholine rings is 1. The van der Waals surface area contributed by atoms with Gasteiger partial charge in [-0.25, -0.2) is 4.79 Å². The molecule has 0 bridgehead atoms. The highest BCUT2D eigenvalue weighted by molar-refractivity contribution is 5.99. The van der Waals surface area contributed by atoms with Crippen LogP contribution in [0.3, 0.4) is 0 Å². The summed E-state index contributed by atoms with van der Waals surface area (Å²) >= 11 is 0. The van der Waals surface area contributed by atoms with Crippen LogP contribution in [0.25, 0.3) is 10.9 Å². The molecule has 2 heterocycles. The number of carbonyl (C=O) groups excluding carboxylic acids is 2. The predicted octanol–water partition coefficient (Wildman–Crippen LogP) is 1.18. The van der Waals surface area contributed by atoms with Crippen molar-refractivity contribution in [3.8, 4) is 0 Å². The standard InChI is InChI=1S/C15H16N2O4/c1-20-15(19)13-9-21-7-6-17(13)14(18)12-8-10-4-2-3-5-11(10)16-12/h2-5,8,13,16H,6-7,9H2,1H3. The monoisotopic (exact) mass is 288 g/mol. The number of methoxy groups -OCH3 is 1. The number of amides is 1. The summed E-state index contributed by atoms with van der Waals surface area (Å²) < 4.78 is 10.0. The fourth-order valence-corrected chi connectivity index (χ4v) is 2.52. The third-order valence-corrected chi connectivity index (χ3v) is 3.62. The van der Waals surface area contributed by atoms with E-state index in [1.165, 1.54) is 12.0 Å². The zero-order valence-electron chi connectivity index (χ0n) is 11.7. The van der Waals surface area contributed by atoms with Crippen LogP contribution in [0, 0.1) is 0 Å². The molecular weight excluding hydrogens is 272 g/mol. The van der Waals surface area contributed by atoms with Gasteiger partial charge in [0.2, 0.25) is 0 Å². The summed E-state index contributed by atoms with van der Waals surface area (Å²) in [5.41, 5.74) is 1.36. The average molecular weight is 288 g/mol. The molecule has 1 aromatic heterocycles. The van der Waals surface area contributed by atoms with Crippen LogP contribution in [0.1, 0.15) is 10.5 Å². The molecule has 1 aromatic carbocycles. The number of rotatable bonds is 2. The van der Waals surface area contributed by atoms with E-state index in [1.807, 2.05) is 24.3 Å². The van der Waals surface area contributed by atoms with Crippen LogP contribution in [0.5, 0.6) is 0 Å². The number of aromatic nitrogens is 1. The summed E-state index contributed by atoms with van der Waals surface area (Å²) in [5.74, 6) is -0.677. The number of esters is 1. The predicted molar refractivity (Wildman–Crippen MR) is 76.0 cm³/mol. The van der Waals surface area contributed by atoms with Crippen LogP contribution in [0.2, 0.25) is 0 Å². The average Bonchev–Trinajstić information content (AvgIpc) is 2.97. The Bertz CT molecular complexity index is 646. The third kappa shape index (κ3) is 2.50. The minimum Gasteiger partial charge on any atom is -0.467 e. The second-order valence-electron chi connectivity index (χ2n) is 4.88. The summed E-state index contributed by atoms with van der Waals surface area (Å²) in [6.45, 7) is 0.950. The van der Waals surface area contributed by atoms with Gasteiger partial charge in [0.25, 0.3) is 5.91 Å². The second-order valence-corrected chi connectivity index (χ2v) is 4.88. The molecule has 1 atom stereocenters. The van der Waals surface area contributed by atoms with Crippen LogP contribution in [0.15, 0.2) is 30.3 Å². The molecule has 1 aliphatic heterocycles. The molecule has 6 nitrogen and oxygen atoms in total. The summed E-state index contributed by atoms with van der Waals surface area (Å²) in [5, 5.41) is 0.962. The number of hydrogen-bond donors (Lipinski definition) is 1. The molecule has 110 valence electrons. The first-order valence-electron chi connectivity index (χ1n) is 6.75. The van der Waals surface area contributed by atoms with Crippen molar-refractivity contribution in [2.75, 3.05) is 26.9 Å². The molecule has 0 saturated carbocycles. The fourth-order valence-electron chi connectivity index (χ4n) is 2.52. The Hall–Kier alpha value is -2.34. The molecule has 1 amide bonds. The highest BCUT2D eigenvalue weighted by atomic mass is 16.5. The topological polar surface area (TPSA) is 71.6 Å². The molecule has 0 radical (unpaired) electrons. The summed E-state index contributed by atoms with van der Waals surface area (Å²) in [6, 6.07) is 8.75. The smallest absolute Gasteiger partial charge is 0.331 e. The molecule has 1 saturated heterocycles. The second kappa shape index (κ2) is 5.57. The zero-order valence-corrected chi connectivity index (χ0v) is 11.7. The lowest BCUT2D eigenvalue weighted by Gasteiger charge is -2.33. The number of ether oxygens (including phenoxy) is 2. The van der Waals surface area contributed by atoms with Crippen molar-refractivity contribution in [1.82, 2.24) is 9.88 Å². The first-order chi connectivity index (χ1) is 10.2. The first kappa shape index (κ1) is 13.6. The number of H-pyrrole nitrogens is 1. The Kier molecular flexibility index (Phi) is 3.62. The maximum absolute atomic E-state index is 12.6. The summed E-state index contributed by atoms with van der Waals surface area (Å²) in [6.07, 6.45) is 0. The van der Waals surface area contributed by atoms with Gasteiger partial charge in [-0.05, 0) is 12.1 Å². The van der Waals surface area contributed by atoms with E-state index in [2.05, 4.69) is 4.98 Å². The molecule has 0 aliphatic carbocycles. The third-order valence-electron chi connectivity index (χ3n) is 3.62. The molecule has 6 heteroatoms. The number of nitrogens with zero attached hydrogens (tertiary/aromatic N) is 1. The largest absolute Gasteiger partial charge is 0.467 e. The molecular formula is C15H16N2O4. The van der Waals surface area contributed by atoms with Gasteiger partial charge in [0, 0.05) is 17.4 Å². The van der Waals surface area contributed by atoms with Gasteiger partial charge >= 0.3 is 5.97 Å². The van der Waals surface area contributed by atoms with E-state index in [1.54, 1.807) is 6.07 Å². The molecule has 2 aromatic rings. The summed E-state index contributed by atoms with van der Waals surface area (Å²) in [7, 11) is 1.31. The SMILES string of the molecule is COC(=O)C1COCCN1C(=O)c1cc2ccccc2[nH]1. The van der Waals surface area contributed by atoms with Crippen molar-refractivity contribution < 1.29 is 19.1 Å². The number of carbonyl (C=O) groups is 2. The maximum Gasteiger partial charge on any atom is 0.331 e. The van der Waals surface area contributed by atoms with Crippen LogP contribution in [-0.2, 0) is 14.3 Å². The van der Waals surface area contributed by atoms with Crippen LogP contribution in [-0.4, -0.2) is 54.7 Å². The Balaban J connectivity index is 1.90. The zero-order chi connectivity index (χ0) is 14.8. The minimum atomic E-state index is -0.692. The van der Waals surface area contributed by atoms with Gasteiger partial charge in [-0.1, -0.05) is 18.2 Å². The van der Waals surface area contributed by atoms with Crippen molar-refractivity contribution in [3.05, 3.63) is 36.0 Å². The highest BCUT2D eigenvalue weighted by Gasteiger charge is 2.34. The molecule has 1 fully saturated rings. The fraction of sp³-hybridized carbons (Fsp3) is 0.333. The lowest BCUT2D eigenvalue weighted by molar-refractivity contribution is -0.151. The van der Waals surface area contributed by atoms with Gasteiger partial charge in [-0.3, -0.25) is 4.79 Å². The lowest BCUT2D eigenvalue weighted by Crippen LogP contribution is -2.53. The van der Waals surface area contributed by atoms with Gasteiger partial charge in [0.15, 0.2) is 6.04 Å². The Morgan fingerprint density at radius 3 is 2.95 bits per heavy atom. The van der Waals surface area contributed by atoms with Crippen LogP contribution >= 0.6 is 0 Å². The van der Waals surface area contributed by atoms with E-state index < -0.39 is 12.0 Å². The van der Waals surface area contributed by atoms with E-state index in [9.17, 15) is 9.59 Å². The number of para-hydroxylation sites is 1. The van der Waals surface area contributed by atoms with Gasteiger partial charge in [0.1, 0.15) is 5.69 Å². The van der Waals surface area contributed by atoms with Crippen molar-refractivity contribution in [2.45, 2.75) is 6.04 Å². The molecule has 1 unspecified atom stereocenters. The van der Waals surface area contributed by atoms with E-state index in [0.717, 1.165) is 10.9 Å². The van der Waals surface area contributed by atoms with Gasteiger partial charge < -0.3 is 19.4 Å². The van der Waals surface area contributed by atoms with E-state index >= 15 is 0 Å². The normalized spacial score (nSPS) is 18.7. The Morgan fingerprint density at radius 1 is 1.38 bits per heavy atom. The van der Waals surface area contributed by atoms with Crippen molar-refractivity contribution in [2.24, 2.45) is 0 Å². The molecule has 1 N–H and O–H groups in total. The van der Waals surface area contributed by atoms with E-state index in [0.29, 0.717) is 18.8 Å². The summed E-state index contributed by atoms with van der Waals surface area (Å²) in [4.78, 5) is 29.0. The number of aromatic amines is 1. The molecule has 21 heavy (non-hydrogen) atoms. The number of nitrogens with one attached hydrogen (secondary N) is 1. The van der Waals surface area contributed by atoms with Gasteiger partial charge in [-0.15, -0.1) is 0 Å². The Morgan fingerprint density at radius 2 is 2.19 bits per heavy atom. The lowest BCUT2D eigenvalue weighted by atomic mass is 10.2. The number of hydrogen-bond acceptors (Lipinski definition) is 4. The molecule has 3 rings (SSSR count). The van der Waals surface area contributed by atoms with Crippen molar-refractivity contribution >= 4 is 22.8 Å². The van der Waals surface area contributed by atoms with Crippen LogP contribution < -0.4 is 0 Å². The first-order valence-corrected chi connectivity index (χ1v) is 6.75. The van der Waals surface area contributed by atoms with Crippen molar-refractivity contribution in [1.29, 1.82) is 0 Å². The van der Waals surface area contributed by atoms with E-state index in [4.69, 9.17) is 9.47 Å². The van der Waals surface area contributed by atoms with Crippen LogP contribution in [0.4, 0.5) is 0 Å². The van der Waals surface area contributed by atoms with Gasteiger partial charge in [0.05, 0.1) is 20.3 Å². The molecule has 1 aliphatic rings.